The number of methoxy groups -OCH3 is 1. The Kier molecular flexibility index (Phi) is 6.21. The summed E-state index contributed by atoms with van der Waals surface area (Å²) in [6, 6.07) is 11.4. The Morgan fingerprint density at radius 1 is 1.20 bits per heavy atom. The van der Waals surface area contributed by atoms with Crippen LogP contribution in [0, 0.1) is 6.92 Å². The molecule has 0 aromatic heterocycles. The quantitative estimate of drug-likeness (QED) is 0.769. The molecule has 2 rings (SSSR count). The second kappa shape index (κ2) is 7.99. The topological polar surface area (TPSA) is 75.7 Å². The number of ether oxygens (including phenoxy) is 1. The standard InChI is InChI=1S/C17H19BrN2O4S/c1-12-10-13(4-9-16(12)18)19-17(21)11-20(2)25(22,23)15-7-5-14(24-3)6-8-15/h4-10H,11H2,1-3H3,(H,19,21). The van der Waals surface area contributed by atoms with Gasteiger partial charge in [0.25, 0.3) is 0 Å². The Morgan fingerprint density at radius 3 is 2.40 bits per heavy atom. The molecule has 8 heteroatoms. The normalized spacial score (nSPS) is 11.4. The SMILES string of the molecule is COc1ccc(S(=O)(=O)N(C)CC(=O)Nc2ccc(Br)c(C)c2)cc1. The van der Waals surface area contributed by atoms with Crippen molar-refractivity contribution in [3.05, 3.63) is 52.5 Å². The molecule has 1 amide bonds. The lowest BCUT2D eigenvalue weighted by Crippen LogP contribution is -2.34. The van der Waals surface area contributed by atoms with E-state index in [1.165, 1.54) is 26.3 Å². The third kappa shape index (κ3) is 4.81. The highest BCUT2D eigenvalue weighted by atomic mass is 79.9. The number of likely N-dealkylation sites (N-methyl/N-ethyl adjacent to an activating group) is 1. The summed E-state index contributed by atoms with van der Waals surface area (Å²) >= 11 is 3.39. The van der Waals surface area contributed by atoms with Crippen LogP contribution in [0.25, 0.3) is 0 Å². The molecule has 0 aliphatic carbocycles. The number of halogens is 1. The molecule has 0 saturated heterocycles. The molecule has 0 heterocycles. The molecular formula is C17H19BrN2O4S. The number of nitrogens with one attached hydrogen (secondary N) is 1. The van der Waals surface area contributed by atoms with E-state index in [1.54, 1.807) is 24.3 Å². The zero-order chi connectivity index (χ0) is 18.6. The van der Waals surface area contributed by atoms with Crippen LogP contribution in [0.3, 0.4) is 0 Å². The van der Waals surface area contributed by atoms with Crippen LogP contribution in [0.1, 0.15) is 5.56 Å². The van der Waals surface area contributed by atoms with Gasteiger partial charge in [-0.1, -0.05) is 15.9 Å². The van der Waals surface area contributed by atoms with Crippen molar-refractivity contribution in [2.45, 2.75) is 11.8 Å². The van der Waals surface area contributed by atoms with Crippen molar-refractivity contribution in [2.24, 2.45) is 0 Å². The first-order chi connectivity index (χ1) is 11.7. The average Bonchev–Trinajstić information content (AvgIpc) is 2.58. The Bertz CT molecular complexity index is 867. The molecule has 1 N–H and O–H groups in total. The van der Waals surface area contributed by atoms with Gasteiger partial charge in [0.1, 0.15) is 5.75 Å². The van der Waals surface area contributed by atoms with Crippen molar-refractivity contribution in [1.29, 1.82) is 0 Å². The van der Waals surface area contributed by atoms with Crippen molar-refractivity contribution >= 4 is 37.5 Å². The molecular weight excluding hydrogens is 408 g/mol. The summed E-state index contributed by atoms with van der Waals surface area (Å²) in [6.45, 7) is 1.61. The fourth-order valence-electron chi connectivity index (χ4n) is 2.14. The number of nitrogens with zero attached hydrogens (tertiary/aromatic N) is 1. The summed E-state index contributed by atoms with van der Waals surface area (Å²) in [7, 11) is -0.886. The van der Waals surface area contributed by atoms with Crippen LogP contribution in [-0.2, 0) is 14.8 Å². The number of amides is 1. The van der Waals surface area contributed by atoms with E-state index in [2.05, 4.69) is 21.2 Å². The minimum Gasteiger partial charge on any atom is -0.497 e. The first-order valence-electron chi connectivity index (χ1n) is 7.40. The number of carbonyl (C=O) groups excluding carboxylic acids is 1. The summed E-state index contributed by atoms with van der Waals surface area (Å²) in [5, 5.41) is 2.70. The third-order valence-corrected chi connectivity index (χ3v) is 6.28. The van der Waals surface area contributed by atoms with Crippen molar-refractivity contribution in [2.75, 3.05) is 26.0 Å². The van der Waals surface area contributed by atoms with Gasteiger partial charge in [-0.25, -0.2) is 8.42 Å². The smallest absolute Gasteiger partial charge is 0.243 e. The van der Waals surface area contributed by atoms with Gasteiger partial charge in [0.2, 0.25) is 15.9 Å². The van der Waals surface area contributed by atoms with Crippen LogP contribution >= 0.6 is 15.9 Å². The van der Waals surface area contributed by atoms with Gasteiger partial charge in [-0.15, -0.1) is 0 Å². The number of benzene rings is 2. The summed E-state index contributed by atoms with van der Waals surface area (Å²) in [4.78, 5) is 12.2. The maximum Gasteiger partial charge on any atom is 0.243 e. The lowest BCUT2D eigenvalue weighted by atomic mass is 10.2. The van der Waals surface area contributed by atoms with E-state index >= 15 is 0 Å². The number of aryl methyl sites for hydroxylation is 1. The second-order valence-electron chi connectivity index (χ2n) is 5.45. The summed E-state index contributed by atoms with van der Waals surface area (Å²) in [5.74, 6) is 0.145. The van der Waals surface area contributed by atoms with Crippen molar-refractivity contribution in [3.63, 3.8) is 0 Å². The molecule has 2 aromatic rings. The maximum absolute atomic E-state index is 12.5. The van der Waals surface area contributed by atoms with Gasteiger partial charge in [-0.3, -0.25) is 4.79 Å². The van der Waals surface area contributed by atoms with Gasteiger partial charge in [-0.2, -0.15) is 4.31 Å². The van der Waals surface area contributed by atoms with E-state index in [4.69, 9.17) is 4.74 Å². The van der Waals surface area contributed by atoms with E-state index in [0.29, 0.717) is 11.4 Å². The molecule has 0 bridgehead atoms. The highest BCUT2D eigenvalue weighted by Gasteiger charge is 2.23. The molecule has 25 heavy (non-hydrogen) atoms. The monoisotopic (exact) mass is 426 g/mol. The molecule has 0 atom stereocenters. The van der Waals surface area contributed by atoms with Gasteiger partial charge in [0, 0.05) is 17.2 Å². The maximum atomic E-state index is 12.5. The van der Waals surface area contributed by atoms with Crippen LogP contribution in [0.2, 0.25) is 0 Å². The first-order valence-corrected chi connectivity index (χ1v) is 9.63. The number of anilines is 1. The van der Waals surface area contributed by atoms with Crippen LogP contribution in [0.15, 0.2) is 51.8 Å². The molecule has 134 valence electrons. The predicted octanol–water partition coefficient (Wildman–Crippen LogP) is 3.03. The molecule has 2 aromatic carbocycles. The van der Waals surface area contributed by atoms with Gasteiger partial charge >= 0.3 is 0 Å². The van der Waals surface area contributed by atoms with Gasteiger partial charge in [0.15, 0.2) is 0 Å². The number of hydrogen-bond acceptors (Lipinski definition) is 4. The Hall–Kier alpha value is -1.90. The molecule has 0 saturated carbocycles. The third-order valence-electron chi connectivity index (χ3n) is 3.58. The van der Waals surface area contributed by atoms with Crippen LogP contribution in [0.5, 0.6) is 5.75 Å². The minimum atomic E-state index is -3.76. The highest BCUT2D eigenvalue weighted by Crippen LogP contribution is 2.21. The van der Waals surface area contributed by atoms with Crippen LogP contribution < -0.4 is 10.1 Å². The van der Waals surface area contributed by atoms with E-state index in [1.807, 2.05) is 13.0 Å². The second-order valence-corrected chi connectivity index (χ2v) is 8.35. The molecule has 0 aliphatic rings. The largest absolute Gasteiger partial charge is 0.497 e. The van der Waals surface area contributed by atoms with Crippen LogP contribution in [0.4, 0.5) is 5.69 Å². The highest BCUT2D eigenvalue weighted by molar-refractivity contribution is 9.10. The zero-order valence-corrected chi connectivity index (χ0v) is 16.5. The van der Waals surface area contributed by atoms with Crippen molar-refractivity contribution < 1.29 is 17.9 Å². The summed E-state index contributed by atoms with van der Waals surface area (Å²) in [6.07, 6.45) is 0. The zero-order valence-electron chi connectivity index (χ0n) is 14.1. The summed E-state index contributed by atoms with van der Waals surface area (Å²) in [5.41, 5.74) is 1.58. The molecule has 0 radical (unpaired) electrons. The molecule has 0 aliphatic heterocycles. The van der Waals surface area contributed by atoms with Crippen molar-refractivity contribution in [1.82, 2.24) is 4.31 Å². The van der Waals surface area contributed by atoms with E-state index in [-0.39, 0.29) is 11.4 Å². The van der Waals surface area contributed by atoms with E-state index < -0.39 is 15.9 Å². The van der Waals surface area contributed by atoms with Gasteiger partial charge < -0.3 is 10.1 Å². The fourth-order valence-corrected chi connectivity index (χ4v) is 3.51. The Morgan fingerprint density at radius 2 is 1.84 bits per heavy atom. The predicted molar refractivity (Wildman–Crippen MR) is 100 cm³/mol. The van der Waals surface area contributed by atoms with Crippen LogP contribution in [-0.4, -0.2) is 39.3 Å². The fraction of sp³-hybridized carbons (Fsp3) is 0.235. The number of carbonyl (C=O) groups is 1. The molecule has 6 nitrogen and oxygen atoms in total. The Balaban J connectivity index is 2.07. The average molecular weight is 427 g/mol. The lowest BCUT2D eigenvalue weighted by molar-refractivity contribution is -0.116. The number of rotatable bonds is 6. The van der Waals surface area contributed by atoms with E-state index in [9.17, 15) is 13.2 Å². The Labute approximate surface area is 156 Å². The van der Waals surface area contributed by atoms with Crippen molar-refractivity contribution in [3.8, 4) is 5.75 Å². The molecule has 0 unspecified atom stereocenters. The molecule has 0 spiro atoms. The van der Waals surface area contributed by atoms with Gasteiger partial charge in [0.05, 0.1) is 18.6 Å². The summed E-state index contributed by atoms with van der Waals surface area (Å²) < 4.78 is 32.0. The van der Waals surface area contributed by atoms with E-state index in [0.717, 1.165) is 14.3 Å². The lowest BCUT2D eigenvalue weighted by Gasteiger charge is -2.17. The first kappa shape index (κ1) is 19.4. The molecule has 0 fully saturated rings. The minimum absolute atomic E-state index is 0.100. The number of sulfonamides is 1. The van der Waals surface area contributed by atoms with Gasteiger partial charge in [-0.05, 0) is 55.0 Å². The number of hydrogen-bond donors (Lipinski definition) is 1.